The maximum Gasteiger partial charge on any atom is 0.119 e. The highest BCUT2D eigenvalue weighted by Crippen LogP contribution is 2.37. The van der Waals surface area contributed by atoms with Crippen molar-refractivity contribution in [2.75, 3.05) is 7.11 Å². The first-order chi connectivity index (χ1) is 9.00. The van der Waals surface area contributed by atoms with E-state index in [0.29, 0.717) is 0 Å². The van der Waals surface area contributed by atoms with Gasteiger partial charge < -0.3 is 10.5 Å². The van der Waals surface area contributed by atoms with Gasteiger partial charge in [0.25, 0.3) is 0 Å². The van der Waals surface area contributed by atoms with Crippen molar-refractivity contribution in [1.82, 2.24) is 9.78 Å². The molecule has 1 aromatic heterocycles. The Kier molecular flexibility index (Phi) is 2.64. The van der Waals surface area contributed by atoms with Crippen LogP contribution in [0.4, 0.5) is 0 Å². The fourth-order valence-electron chi connectivity index (χ4n) is 2.68. The van der Waals surface area contributed by atoms with E-state index in [0.717, 1.165) is 24.3 Å². The van der Waals surface area contributed by atoms with Crippen LogP contribution in [0.25, 0.3) is 11.3 Å². The number of methoxy groups -OCH3 is 1. The van der Waals surface area contributed by atoms with Crippen molar-refractivity contribution in [3.63, 3.8) is 0 Å². The first kappa shape index (κ1) is 12.2. The molecule has 19 heavy (non-hydrogen) atoms. The zero-order valence-electron chi connectivity index (χ0n) is 11.6. The first-order valence-corrected chi connectivity index (χ1v) is 6.54. The van der Waals surface area contributed by atoms with E-state index in [4.69, 9.17) is 10.5 Å². The molecule has 2 N–H and O–H groups in total. The number of aryl methyl sites for hydroxylation is 2. The van der Waals surface area contributed by atoms with Gasteiger partial charge in [0, 0.05) is 5.56 Å². The number of ether oxygens (including phenoxy) is 1. The highest BCUT2D eigenvalue weighted by Gasteiger charge is 2.26. The van der Waals surface area contributed by atoms with Crippen LogP contribution in [-0.4, -0.2) is 16.9 Å². The fraction of sp³-hybridized carbons (Fsp3) is 0.400. The topological polar surface area (TPSA) is 53.1 Å². The predicted octanol–water partition coefficient (Wildman–Crippen LogP) is 2.31. The van der Waals surface area contributed by atoms with Gasteiger partial charge in [0.15, 0.2) is 0 Å². The van der Waals surface area contributed by atoms with Crippen molar-refractivity contribution in [2.24, 2.45) is 5.73 Å². The van der Waals surface area contributed by atoms with Gasteiger partial charge >= 0.3 is 0 Å². The molecule has 1 aliphatic rings. The molecule has 0 atom stereocenters. The van der Waals surface area contributed by atoms with Crippen LogP contribution in [0.15, 0.2) is 24.4 Å². The minimum Gasteiger partial charge on any atom is -0.497 e. The van der Waals surface area contributed by atoms with Crippen molar-refractivity contribution >= 4 is 0 Å². The van der Waals surface area contributed by atoms with Crippen LogP contribution in [0, 0.1) is 0 Å². The summed E-state index contributed by atoms with van der Waals surface area (Å²) in [7, 11) is 1.69. The fourth-order valence-corrected chi connectivity index (χ4v) is 2.68. The summed E-state index contributed by atoms with van der Waals surface area (Å²) >= 11 is 0. The SMILES string of the molecule is COc1ccc2c(c1)-c1c(cnn1C(C)(C)N)CC2. The number of nitrogens with zero attached hydrogens (tertiary/aromatic N) is 2. The standard InChI is InChI=1S/C15H19N3O/c1-15(2,16)18-14-11(9-17-18)5-4-10-6-7-12(19-3)8-13(10)14/h6-9H,4-5,16H2,1-3H3. The van der Waals surface area contributed by atoms with Crippen molar-refractivity contribution < 1.29 is 4.74 Å². The summed E-state index contributed by atoms with van der Waals surface area (Å²) in [6.07, 6.45) is 4.00. The number of aromatic nitrogens is 2. The molecular weight excluding hydrogens is 238 g/mol. The molecule has 1 heterocycles. The van der Waals surface area contributed by atoms with Crippen molar-refractivity contribution in [1.29, 1.82) is 0 Å². The smallest absolute Gasteiger partial charge is 0.119 e. The minimum atomic E-state index is -0.509. The second-order valence-electron chi connectivity index (χ2n) is 5.61. The highest BCUT2D eigenvalue weighted by atomic mass is 16.5. The lowest BCUT2D eigenvalue weighted by Gasteiger charge is -2.26. The number of nitrogens with two attached hydrogens (primary N) is 1. The van der Waals surface area contributed by atoms with Crippen LogP contribution in [0.2, 0.25) is 0 Å². The monoisotopic (exact) mass is 257 g/mol. The average Bonchev–Trinajstić information content (AvgIpc) is 2.82. The molecule has 1 aromatic carbocycles. The van der Waals surface area contributed by atoms with E-state index in [1.807, 2.05) is 30.8 Å². The van der Waals surface area contributed by atoms with Crippen LogP contribution in [0.3, 0.4) is 0 Å². The maximum atomic E-state index is 6.22. The summed E-state index contributed by atoms with van der Waals surface area (Å²) in [6.45, 7) is 3.93. The van der Waals surface area contributed by atoms with Gasteiger partial charge in [0.1, 0.15) is 11.4 Å². The molecule has 0 unspecified atom stereocenters. The van der Waals surface area contributed by atoms with Crippen LogP contribution < -0.4 is 10.5 Å². The Bertz CT molecular complexity index is 623. The van der Waals surface area contributed by atoms with Gasteiger partial charge in [-0.15, -0.1) is 0 Å². The number of rotatable bonds is 2. The van der Waals surface area contributed by atoms with E-state index in [2.05, 4.69) is 17.2 Å². The molecule has 2 aromatic rings. The number of benzene rings is 1. The predicted molar refractivity (Wildman–Crippen MR) is 75.1 cm³/mol. The highest BCUT2D eigenvalue weighted by molar-refractivity contribution is 5.71. The lowest BCUT2D eigenvalue weighted by atomic mass is 9.90. The quantitative estimate of drug-likeness (QED) is 0.898. The van der Waals surface area contributed by atoms with E-state index < -0.39 is 5.66 Å². The second kappa shape index (κ2) is 4.10. The zero-order chi connectivity index (χ0) is 13.6. The Balaban J connectivity index is 2.24. The molecule has 0 bridgehead atoms. The van der Waals surface area contributed by atoms with Crippen molar-refractivity contribution in [3.8, 4) is 17.0 Å². The Labute approximate surface area is 113 Å². The van der Waals surface area contributed by atoms with Gasteiger partial charge in [-0.2, -0.15) is 5.10 Å². The van der Waals surface area contributed by atoms with Crippen LogP contribution in [0.5, 0.6) is 5.75 Å². The number of hydrogen-bond donors (Lipinski definition) is 1. The molecule has 0 amide bonds. The van der Waals surface area contributed by atoms with Crippen LogP contribution >= 0.6 is 0 Å². The van der Waals surface area contributed by atoms with E-state index in [9.17, 15) is 0 Å². The summed E-state index contributed by atoms with van der Waals surface area (Å²) in [5.41, 5.74) is 10.6. The van der Waals surface area contributed by atoms with E-state index >= 15 is 0 Å². The van der Waals surface area contributed by atoms with Gasteiger partial charge in [-0.05, 0) is 49.9 Å². The van der Waals surface area contributed by atoms with Gasteiger partial charge in [-0.25, -0.2) is 4.68 Å². The molecule has 100 valence electrons. The molecule has 0 fully saturated rings. The molecule has 3 rings (SSSR count). The summed E-state index contributed by atoms with van der Waals surface area (Å²) in [4.78, 5) is 0. The summed E-state index contributed by atoms with van der Waals surface area (Å²) in [5, 5.41) is 4.47. The molecule has 0 saturated heterocycles. The number of fused-ring (bicyclic) bond motifs is 3. The molecule has 0 spiro atoms. The number of hydrogen-bond acceptors (Lipinski definition) is 3. The Morgan fingerprint density at radius 2 is 2.00 bits per heavy atom. The average molecular weight is 257 g/mol. The largest absolute Gasteiger partial charge is 0.497 e. The van der Waals surface area contributed by atoms with Gasteiger partial charge in [0.05, 0.1) is 19.0 Å². The van der Waals surface area contributed by atoms with Gasteiger partial charge in [-0.3, -0.25) is 0 Å². The Hall–Kier alpha value is -1.81. The summed E-state index contributed by atoms with van der Waals surface area (Å²) < 4.78 is 7.25. The lowest BCUT2D eigenvalue weighted by Crippen LogP contribution is -2.38. The Morgan fingerprint density at radius 3 is 2.68 bits per heavy atom. The minimum absolute atomic E-state index is 0.509. The first-order valence-electron chi connectivity index (χ1n) is 6.54. The molecule has 0 aliphatic heterocycles. The van der Waals surface area contributed by atoms with Gasteiger partial charge in [-0.1, -0.05) is 6.07 Å². The third-order valence-electron chi connectivity index (χ3n) is 3.63. The summed E-state index contributed by atoms with van der Waals surface area (Å²) in [5.74, 6) is 0.870. The normalized spacial score (nSPS) is 13.9. The van der Waals surface area contributed by atoms with E-state index in [-0.39, 0.29) is 0 Å². The van der Waals surface area contributed by atoms with Gasteiger partial charge in [0.2, 0.25) is 0 Å². The molecule has 4 nitrogen and oxygen atoms in total. The maximum absolute atomic E-state index is 6.22. The molecule has 1 aliphatic carbocycles. The molecule has 4 heteroatoms. The van der Waals surface area contributed by atoms with Crippen LogP contribution in [-0.2, 0) is 18.5 Å². The second-order valence-corrected chi connectivity index (χ2v) is 5.61. The van der Waals surface area contributed by atoms with Crippen molar-refractivity contribution in [3.05, 3.63) is 35.5 Å². The Morgan fingerprint density at radius 1 is 1.26 bits per heavy atom. The zero-order valence-corrected chi connectivity index (χ0v) is 11.6. The van der Waals surface area contributed by atoms with E-state index in [1.165, 1.54) is 16.7 Å². The summed E-state index contributed by atoms with van der Waals surface area (Å²) in [6, 6.07) is 6.23. The lowest BCUT2D eigenvalue weighted by molar-refractivity contribution is 0.336. The molecular formula is C15H19N3O. The van der Waals surface area contributed by atoms with Crippen LogP contribution in [0.1, 0.15) is 25.0 Å². The molecule has 0 radical (unpaired) electrons. The third-order valence-corrected chi connectivity index (χ3v) is 3.63. The molecule has 0 saturated carbocycles. The third kappa shape index (κ3) is 1.92. The van der Waals surface area contributed by atoms with E-state index in [1.54, 1.807) is 7.11 Å². The van der Waals surface area contributed by atoms with Crippen molar-refractivity contribution in [2.45, 2.75) is 32.4 Å².